The van der Waals surface area contributed by atoms with Crippen LogP contribution in [0.25, 0.3) is 0 Å². The average molecular weight is 495 g/mol. The summed E-state index contributed by atoms with van der Waals surface area (Å²) in [6.07, 6.45) is 6.69. The Labute approximate surface area is 210 Å². The zero-order chi connectivity index (χ0) is 25.9. The average Bonchev–Trinajstić information content (AvgIpc) is 3.37. The van der Waals surface area contributed by atoms with Crippen molar-refractivity contribution in [2.75, 3.05) is 23.8 Å². The Hall–Kier alpha value is -3.89. The predicted molar refractivity (Wildman–Crippen MR) is 137 cm³/mol. The topological polar surface area (TPSA) is 168 Å². The van der Waals surface area contributed by atoms with Crippen molar-refractivity contribution in [1.29, 1.82) is 0 Å². The van der Waals surface area contributed by atoms with Gasteiger partial charge in [-0.3, -0.25) is 9.59 Å². The van der Waals surface area contributed by atoms with Crippen LogP contribution in [0.2, 0.25) is 0 Å². The van der Waals surface area contributed by atoms with Crippen molar-refractivity contribution in [3.63, 3.8) is 0 Å². The van der Waals surface area contributed by atoms with Crippen LogP contribution in [0, 0.1) is 0 Å². The summed E-state index contributed by atoms with van der Waals surface area (Å²) < 4.78 is 0. The Morgan fingerprint density at radius 1 is 1.08 bits per heavy atom. The van der Waals surface area contributed by atoms with Crippen LogP contribution in [0.3, 0.4) is 0 Å². The Balaban J connectivity index is 1.58. The van der Waals surface area contributed by atoms with Gasteiger partial charge in [0.1, 0.15) is 5.82 Å². The van der Waals surface area contributed by atoms with E-state index >= 15 is 0 Å². The first-order chi connectivity index (χ1) is 17.2. The number of nitrogens with two attached hydrogens (primary N) is 2. The molecule has 0 bridgehead atoms. The van der Waals surface area contributed by atoms with Crippen molar-refractivity contribution in [3.05, 3.63) is 41.7 Å². The molecule has 0 spiro atoms. The Kier molecular flexibility index (Phi) is 7.27. The zero-order valence-electron chi connectivity index (χ0n) is 20.7. The fourth-order valence-corrected chi connectivity index (χ4v) is 5.35. The van der Waals surface area contributed by atoms with Crippen LogP contribution < -0.4 is 32.3 Å². The number of primary amides is 2. The van der Waals surface area contributed by atoms with Crippen molar-refractivity contribution >= 4 is 35.2 Å². The van der Waals surface area contributed by atoms with Gasteiger partial charge in [-0.05, 0) is 50.3 Å². The van der Waals surface area contributed by atoms with E-state index < -0.39 is 11.3 Å². The van der Waals surface area contributed by atoms with Crippen molar-refractivity contribution in [3.8, 4) is 0 Å². The molecule has 1 saturated carbocycles. The number of aromatic nitrogens is 2. The van der Waals surface area contributed by atoms with Crippen LogP contribution in [0.1, 0.15) is 61.5 Å². The number of nitrogens with zero attached hydrogens (tertiary/aromatic N) is 3. The van der Waals surface area contributed by atoms with Gasteiger partial charge in [0.2, 0.25) is 5.91 Å². The molecule has 2 aromatic rings. The first-order valence-corrected chi connectivity index (χ1v) is 12.3. The van der Waals surface area contributed by atoms with Gasteiger partial charge in [0.15, 0.2) is 11.5 Å². The predicted octanol–water partition coefficient (Wildman–Crippen LogP) is 1.90. The van der Waals surface area contributed by atoms with Gasteiger partial charge in [-0.2, -0.15) is 0 Å². The van der Waals surface area contributed by atoms with Crippen LogP contribution in [0.15, 0.2) is 30.5 Å². The molecule has 0 unspecified atom stereocenters. The number of benzene rings is 1. The smallest absolute Gasteiger partial charge is 0.314 e. The van der Waals surface area contributed by atoms with E-state index in [-0.39, 0.29) is 35.5 Å². The molecule has 2 atom stereocenters. The van der Waals surface area contributed by atoms with Gasteiger partial charge in [-0.25, -0.2) is 14.8 Å². The lowest BCUT2D eigenvalue weighted by atomic mass is 9.78. The molecule has 2 heterocycles. The summed E-state index contributed by atoms with van der Waals surface area (Å²) in [5.41, 5.74) is 12.3. The Morgan fingerprint density at radius 2 is 1.78 bits per heavy atom. The Morgan fingerprint density at radius 3 is 2.39 bits per heavy atom. The maximum Gasteiger partial charge on any atom is 0.314 e. The van der Waals surface area contributed by atoms with E-state index in [0.29, 0.717) is 11.5 Å². The van der Waals surface area contributed by atoms with E-state index in [1.807, 2.05) is 31.2 Å². The number of urea groups is 1. The highest BCUT2D eigenvalue weighted by Gasteiger charge is 2.41. The lowest BCUT2D eigenvalue weighted by Gasteiger charge is -2.40. The lowest BCUT2D eigenvalue weighted by molar-refractivity contribution is -0.123. The molecule has 1 aliphatic heterocycles. The second kappa shape index (κ2) is 10.4. The van der Waals surface area contributed by atoms with Gasteiger partial charge in [0.25, 0.3) is 5.91 Å². The molecular weight excluding hydrogens is 460 g/mol. The highest BCUT2D eigenvalue weighted by Crippen LogP contribution is 2.41. The minimum atomic E-state index is -0.697. The van der Waals surface area contributed by atoms with Gasteiger partial charge in [-0.15, -0.1) is 0 Å². The molecule has 1 aromatic carbocycles. The molecule has 36 heavy (non-hydrogen) atoms. The number of anilines is 3. The third-order valence-corrected chi connectivity index (χ3v) is 7.45. The molecule has 4 rings (SSSR count). The summed E-state index contributed by atoms with van der Waals surface area (Å²) in [7, 11) is 1.58. The molecule has 11 heteroatoms. The number of hydrogen-bond donors (Lipinski definition) is 5. The van der Waals surface area contributed by atoms with Gasteiger partial charge in [0.05, 0.1) is 17.7 Å². The maximum absolute atomic E-state index is 12.2. The van der Waals surface area contributed by atoms with E-state index in [1.54, 1.807) is 7.05 Å². The minimum Gasteiger partial charge on any atom is -0.369 e. The monoisotopic (exact) mass is 494 g/mol. The minimum absolute atomic E-state index is 0.0249. The number of hydrogen-bond acceptors (Lipinski definition) is 7. The van der Waals surface area contributed by atoms with Crippen molar-refractivity contribution in [1.82, 2.24) is 20.6 Å². The van der Waals surface area contributed by atoms with Crippen LogP contribution in [0.5, 0.6) is 0 Å². The van der Waals surface area contributed by atoms with Gasteiger partial charge < -0.3 is 32.3 Å². The number of rotatable bonds is 7. The van der Waals surface area contributed by atoms with Gasteiger partial charge >= 0.3 is 6.03 Å². The SMILES string of the molecule is CNC(=O)N[C@@H]1CCCN(c2cnc(C(N)=O)c(Nc3ccc(C4(C(N)=O)CCCC4)cc3)n2)[C@@H]1C. The molecule has 11 nitrogen and oxygen atoms in total. The van der Waals surface area contributed by atoms with E-state index in [0.717, 1.165) is 50.6 Å². The summed E-state index contributed by atoms with van der Waals surface area (Å²) in [5, 5.41) is 8.73. The summed E-state index contributed by atoms with van der Waals surface area (Å²) in [6, 6.07) is 7.13. The number of piperidine rings is 1. The quantitative estimate of drug-likeness (QED) is 0.391. The molecule has 2 aliphatic rings. The molecule has 7 N–H and O–H groups in total. The molecule has 4 amide bonds. The van der Waals surface area contributed by atoms with Gasteiger partial charge in [0, 0.05) is 25.3 Å². The first-order valence-electron chi connectivity index (χ1n) is 12.3. The normalized spacial score (nSPS) is 21.0. The Bertz CT molecular complexity index is 1130. The molecule has 1 aromatic heterocycles. The lowest BCUT2D eigenvalue weighted by Crippen LogP contribution is -2.55. The van der Waals surface area contributed by atoms with Crippen LogP contribution in [0.4, 0.5) is 22.1 Å². The van der Waals surface area contributed by atoms with Crippen LogP contribution >= 0.6 is 0 Å². The molecule has 0 radical (unpaired) electrons. The van der Waals surface area contributed by atoms with E-state index in [1.165, 1.54) is 6.20 Å². The zero-order valence-corrected chi connectivity index (χ0v) is 20.7. The number of carbonyl (C=O) groups is 3. The fourth-order valence-electron chi connectivity index (χ4n) is 5.35. The van der Waals surface area contributed by atoms with Crippen molar-refractivity contribution < 1.29 is 14.4 Å². The maximum atomic E-state index is 12.2. The van der Waals surface area contributed by atoms with Crippen molar-refractivity contribution in [2.45, 2.75) is 62.9 Å². The van der Waals surface area contributed by atoms with Crippen LogP contribution in [-0.4, -0.2) is 53.5 Å². The highest BCUT2D eigenvalue weighted by molar-refractivity contribution is 5.96. The number of nitrogens with one attached hydrogen (secondary N) is 3. The number of carbonyl (C=O) groups excluding carboxylic acids is 3. The third-order valence-electron chi connectivity index (χ3n) is 7.45. The second-order valence-corrected chi connectivity index (χ2v) is 9.55. The number of amides is 4. The third kappa shape index (κ3) is 4.91. The summed E-state index contributed by atoms with van der Waals surface area (Å²) in [4.78, 5) is 47.2. The largest absolute Gasteiger partial charge is 0.369 e. The second-order valence-electron chi connectivity index (χ2n) is 9.55. The fraction of sp³-hybridized carbons (Fsp3) is 0.480. The highest BCUT2D eigenvalue weighted by atomic mass is 16.2. The van der Waals surface area contributed by atoms with Crippen LogP contribution in [-0.2, 0) is 10.2 Å². The summed E-state index contributed by atoms with van der Waals surface area (Å²) in [5.74, 6) is -0.173. The standard InChI is InChI=1S/C25H34N8O3/c1-15-18(31-24(36)28-2)6-5-13-33(15)19-14-29-20(21(26)34)22(32-19)30-17-9-7-16(8-10-17)25(23(27)35)11-3-4-12-25/h7-10,14-15,18H,3-6,11-13H2,1-2H3,(H2,26,34)(H2,27,35)(H,30,32)(H2,28,31,36)/t15-,18-/m1/s1. The molecule has 2 fully saturated rings. The molecule has 1 aliphatic carbocycles. The van der Waals surface area contributed by atoms with E-state index in [4.69, 9.17) is 11.5 Å². The molecule has 1 saturated heterocycles. The molecule has 192 valence electrons. The van der Waals surface area contributed by atoms with Gasteiger partial charge in [-0.1, -0.05) is 25.0 Å². The van der Waals surface area contributed by atoms with E-state index in [9.17, 15) is 14.4 Å². The van der Waals surface area contributed by atoms with E-state index in [2.05, 4.69) is 30.8 Å². The first kappa shape index (κ1) is 25.2. The molecular formula is C25H34N8O3. The van der Waals surface area contributed by atoms with Crippen molar-refractivity contribution in [2.24, 2.45) is 11.5 Å². The summed E-state index contributed by atoms with van der Waals surface area (Å²) in [6.45, 7) is 2.76. The summed E-state index contributed by atoms with van der Waals surface area (Å²) >= 11 is 0.